The first kappa shape index (κ1) is 13.3. The molecule has 1 aromatic carbocycles. The highest BCUT2D eigenvalue weighted by atomic mass is 16.7. The Hall–Kier alpha value is -2.73. The molecule has 0 bridgehead atoms. The fourth-order valence-corrected chi connectivity index (χ4v) is 2.08. The molecular weight excluding hydrogens is 272 g/mol. The van der Waals surface area contributed by atoms with Crippen molar-refractivity contribution in [3.63, 3.8) is 0 Å². The number of carbonyl (C=O) groups excluding carboxylic acids is 2. The lowest BCUT2D eigenvalue weighted by Crippen LogP contribution is -2.29. The summed E-state index contributed by atoms with van der Waals surface area (Å²) in [7, 11) is 1.53. The molecule has 1 aliphatic heterocycles. The summed E-state index contributed by atoms with van der Waals surface area (Å²) in [6.45, 7) is 0.0513. The molecule has 3 rings (SSSR count). The van der Waals surface area contributed by atoms with Gasteiger partial charge >= 0.3 is 0 Å². The molecule has 0 fully saturated rings. The molecule has 6 heteroatoms. The van der Waals surface area contributed by atoms with E-state index in [4.69, 9.17) is 9.57 Å². The molecule has 0 saturated heterocycles. The second-order valence-electron chi connectivity index (χ2n) is 4.46. The molecule has 1 aliphatic rings. The monoisotopic (exact) mass is 284 g/mol. The first-order chi connectivity index (χ1) is 10.2. The van der Waals surface area contributed by atoms with Crippen molar-refractivity contribution >= 4 is 11.8 Å². The van der Waals surface area contributed by atoms with Gasteiger partial charge in [-0.05, 0) is 18.2 Å². The number of carbonyl (C=O) groups is 2. The van der Waals surface area contributed by atoms with Gasteiger partial charge in [0.2, 0.25) is 0 Å². The topological polar surface area (TPSA) is 68.7 Å². The Kier molecular flexibility index (Phi) is 3.37. The van der Waals surface area contributed by atoms with Gasteiger partial charge in [-0.1, -0.05) is 12.1 Å². The lowest BCUT2D eigenvalue weighted by atomic mass is 10.1. The lowest BCUT2D eigenvalue weighted by Gasteiger charge is -2.13. The van der Waals surface area contributed by atoms with Gasteiger partial charge in [-0.2, -0.15) is 0 Å². The minimum atomic E-state index is -0.452. The van der Waals surface area contributed by atoms with Crippen LogP contribution >= 0.6 is 0 Å². The predicted octanol–water partition coefficient (Wildman–Crippen LogP) is 1.82. The smallest absolute Gasteiger partial charge is 0.285 e. The molecule has 0 radical (unpaired) electrons. The number of hydrogen-bond donors (Lipinski definition) is 0. The highest BCUT2D eigenvalue weighted by Crippen LogP contribution is 2.23. The van der Waals surface area contributed by atoms with Crippen LogP contribution in [0.25, 0.3) is 0 Å². The van der Waals surface area contributed by atoms with Gasteiger partial charge < -0.3 is 4.74 Å². The molecule has 2 amide bonds. The number of fused-ring (bicyclic) bond motifs is 1. The molecule has 0 unspecified atom stereocenters. The van der Waals surface area contributed by atoms with Crippen LogP contribution in [0.15, 0.2) is 42.7 Å². The standard InChI is InChI=1S/C15H12N2O4/c1-20-11-6-10(7-16-8-11)9-21-17-14(18)12-4-2-3-5-13(12)15(17)19/h2-8H,9H2,1H3. The zero-order valence-electron chi connectivity index (χ0n) is 11.3. The summed E-state index contributed by atoms with van der Waals surface area (Å²) in [5.41, 5.74) is 1.41. The second-order valence-corrected chi connectivity index (χ2v) is 4.46. The van der Waals surface area contributed by atoms with Gasteiger partial charge in [0.15, 0.2) is 0 Å². The molecule has 21 heavy (non-hydrogen) atoms. The van der Waals surface area contributed by atoms with Crippen LogP contribution in [0, 0.1) is 0 Å². The molecule has 2 heterocycles. The molecule has 106 valence electrons. The normalized spacial score (nSPS) is 13.5. The van der Waals surface area contributed by atoms with E-state index < -0.39 is 11.8 Å². The summed E-state index contributed by atoms with van der Waals surface area (Å²) in [5, 5.41) is 0.782. The molecule has 1 aromatic heterocycles. The summed E-state index contributed by atoms with van der Waals surface area (Å²) < 4.78 is 5.05. The predicted molar refractivity (Wildman–Crippen MR) is 72.5 cm³/mol. The molecule has 0 N–H and O–H groups in total. The largest absolute Gasteiger partial charge is 0.495 e. The van der Waals surface area contributed by atoms with E-state index in [1.165, 1.54) is 7.11 Å². The SMILES string of the molecule is COc1cncc(CON2C(=O)c3ccccc3C2=O)c1. The molecule has 0 saturated carbocycles. The van der Waals surface area contributed by atoms with E-state index in [0.29, 0.717) is 22.4 Å². The summed E-state index contributed by atoms with van der Waals surface area (Å²) in [4.78, 5) is 33.5. The number of hydroxylamine groups is 2. The maximum Gasteiger partial charge on any atom is 0.285 e. The van der Waals surface area contributed by atoms with E-state index >= 15 is 0 Å². The third-order valence-corrected chi connectivity index (χ3v) is 3.12. The minimum absolute atomic E-state index is 0.0513. The van der Waals surface area contributed by atoms with Gasteiger partial charge in [-0.25, -0.2) is 0 Å². The quantitative estimate of drug-likeness (QED) is 0.801. The third-order valence-electron chi connectivity index (χ3n) is 3.12. The molecule has 0 aliphatic carbocycles. The maximum atomic E-state index is 12.1. The average molecular weight is 284 g/mol. The van der Waals surface area contributed by atoms with Crippen molar-refractivity contribution in [3.05, 3.63) is 59.4 Å². The van der Waals surface area contributed by atoms with Crippen molar-refractivity contribution in [2.24, 2.45) is 0 Å². The Labute approximate surface area is 120 Å². The van der Waals surface area contributed by atoms with Crippen LogP contribution in [0.3, 0.4) is 0 Å². The first-order valence-corrected chi connectivity index (χ1v) is 6.29. The summed E-state index contributed by atoms with van der Waals surface area (Å²) in [6.07, 6.45) is 3.15. The van der Waals surface area contributed by atoms with E-state index in [1.807, 2.05) is 0 Å². The zero-order chi connectivity index (χ0) is 14.8. The van der Waals surface area contributed by atoms with E-state index in [2.05, 4.69) is 4.98 Å². The minimum Gasteiger partial charge on any atom is -0.495 e. The van der Waals surface area contributed by atoms with Crippen LogP contribution < -0.4 is 4.74 Å². The van der Waals surface area contributed by atoms with Gasteiger partial charge in [0, 0.05) is 11.8 Å². The molecular formula is C15H12N2O4. The van der Waals surface area contributed by atoms with E-state index in [1.54, 1.807) is 42.7 Å². The maximum absolute atomic E-state index is 12.1. The summed E-state index contributed by atoms with van der Waals surface area (Å²) >= 11 is 0. The van der Waals surface area contributed by atoms with Crippen molar-refractivity contribution in [2.45, 2.75) is 6.61 Å². The number of rotatable bonds is 4. The van der Waals surface area contributed by atoms with Crippen molar-refractivity contribution in [2.75, 3.05) is 7.11 Å². The number of nitrogens with zero attached hydrogens (tertiary/aromatic N) is 2. The zero-order valence-corrected chi connectivity index (χ0v) is 11.3. The first-order valence-electron chi connectivity index (χ1n) is 6.29. The van der Waals surface area contributed by atoms with Crippen LogP contribution in [0.4, 0.5) is 0 Å². The third kappa shape index (κ3) is 2.36. The lowest BCUT2D eigenvalue weighted by molar-refractivity contribution is -0.101. The van der Waals surface area contributed by atoms with Gasteiger partial charge in [0.05, 0.1) is 24.4 Å². The number of pyridine rings is 1. The van der Waals surface area contributed by atoms with E-state index in [0.717, 1.165) is 5.06 Å². The highest BCUT2D eigenvalue weighted by molar-refractivity contribution is 6.20. The average Bonchev–Trinajstić information content (AvgIpc) is 2.78. The number of ether oxygens (including phenoxy) is 1. The Morgan fingerprint density at radius 3 is 2.38 bits per heavy atom. The van der Waals surface area contributed by atoms with Crippen LogP contribution in [-0.2, 0) is 11.4 Å². The molecule has 6 nitrogen and oxygen atoms in total. The fourth-order valence-electron chi connectivity index (χ4n) is 2.08. The number of methoxy groups -OCH3 is 1. The van der Waals surface area contributed by atoms with Crippen molar-refractivity contribution < 1.29 is 19.2 Å². The van der Waals surface area contributed by atoms with Crippen LogP contribution in [-0.4, -0.2) is 29.0 Å². The van der Waals surface area contributed by atoms with Gasteiger partial charge in [0.1, 0.15) is 12.4 Å². The number of hydrogen-bond acceptors (Lipinski definition) is 5. The highest BCUT2D eigenvalue weighted by Gasteiger charge is 2.36. The second kappa shape index (κ2) is 5.34. The number of imide groups is 1. The summed E-state index contributed by atoms with van der Waals surface area (Å²) in [5.74, 6) is -0.323. The van der Waals surface area contributed by atoms with Crippen molar-refractivity contribution in [1.29, 1.82) is 0 Å². The number of amides is 2. The molecule has 2 aromatic rings. The fraction of sp³-hybridized carbons (Fsp3) is 0.133. The van der Waals surface area contributed by atoms with Crippen LogP contribution in [0.1, 0.15) is 26.3 Å². The Balaban J connectivity index is 1.75. The molecule has 0 spiro atoms. The molecule has 0 atom stereocenters. The number of aromatic nitrogens is 1. The Morgan fingerprint density at radius 2 is 1.76 bits per heavy atom. The van der Waals surface area contributed by atoms with Crippen LogP contribution in [0.5, 0.6) is 5.75 Å². The summed E-state index contributed by atoms with van der Waals surface area (Å²) in [6, 6.07) is 8.35. The van der Waals surface area contributed by atoms with Gasteiger partial charge in [0.25, 0.3) is 11.8 Å². The van der Waals surface area contributed by atoms with Crippen molar-refractivity contribution in [3.8, 4) is 5.75 Å². The van der Waals surface area contributed by atoms with Crippen LogP contribution in [0.2, 0.25) is 0 Å². The van der Waals surface area contributed by atoms with E-state index in [9.17, 15) is 9.59 Å². The van der Waals surface area contributed by atoms with Gasteiger partial charge in [-0.15, -0.1) is 5.06 Å². The number of benzene rings is 1. The Bertz CT molecular complexity index is 679. The van der Waals surface area contributed by atoms with Crippen molar-refractivity contribution in [1.82, 2.24) is 10.0 Å². The van der Waals surface area contributed by atoms with Gasteiger partial charge in [-0.3, -0.25) is 19.4 Å². The van der Waals surface area contributed by atoms with E-state index in [-0.39, 0.29) is 6.61 Å². The Morgan fingerprint density at radius 1 is 1.10 bits per heavy atom.